The van der Waals surface area contributed by atoms with Crippen molar-refractivity contribution in [3.63, 3.8) is 0 Å². The lowest BCUT2D eigenvalue weighted by atomic mass is 10.2. The van der Waals surface area contributed by atoms with E-state index < -0.39 is 34.4 Å². The van der Waals surface area contributed by atoms with Gasteiger partial charge in [-0.05, 0) is 31.0 Å². The molecule has 0 aliphatic carbocycles. The van der Waals surface area contributed by atoms with Crippen molar-refractivity contribution in [1.29, 1.82) is 0 Å². The lowest BCUT2D eigenvalue weighted by molar-refractivity contribution is -0.148. The van der Waals surface area contributed by atoms with Crippen LogP contribution in [-0.4, -0.2) is 51.1 Å². The second-order valence-electron chi connectivity index (χ2n) is 5.74. The number of amides is 1. The average Bonchev–Trinajstić information content (AvgIpc) is 2.88. The molecule has 1 aromatic rings. The van der Waals surface area contributed by atoms with Crippen molar-refractivity contribution in [2.45, 2.75) is 25.3 Å². The summed E-state index contributed by atoms with van der Waals surface area (Å²) in [5, 5.41) is 2.56. The Morgan fingerprint density at radius 2 is 2.12 bits per heavy atom. The van der Waals surface area contributed by atoms with E-state index in [0.29, 0.717) is 25.2 Å². The fraction of sp³-hybridized carbons (Fsp3) is 0.500. The third kappa shape index (κ3) is 7.43. The predicted molar refractivity (Wildman–Crippen MR) is 95.0 cm³/mol. The lowest BCUT2D eigenvalue weighted by Gasteiger charge is -2.11. The molecule has 1 unspecified atom stereocenters. The molecule has 1 heterocycles. The summed E-state index contributed by atoms with van der Waals surface area (Å²) in [6, 6.07) is 6.98. The van der Waals surface area contributed by atoms with Crippen LogP contribution in [0.5, 0.6) is 5.75 Å². The molecule has 0 bridgehead atoms. The highest BCUT2D eigenvalue weighted by atomic mass is 79.9. The molecule has 1 N–H and O–H groups in total. The minimum atomic E-state index is -3.05. The van der Waals surface area contributed by atoms with Gasteiger partial charge in [0.1, 0.15) is 5.75 Å². The highest BCUT2D eigenvalue weighted by Crippen LogP contribution is 2.18. The standard InChI is InChI=1S/C16H20BrNO6S/c17-12-3-1-4-14(9-12)23-7-2-5-16(20)24-10-15(19)18-13-6-8-25(21,22)11-13/h1,3-4,9,13H,2,5-8,10-11H2,(H,18,19). The molecule has 2 rings (SSSR count). The van der Waals surface area contributed by atoms with Crippen LogP contribution in [0.2, 0.25) is 0 Å². The van der Waals surface area contributed by atoms with Crippen LogP contribution in [0.1, 0.15) is 19.3 Å². The van der Waals surface area contributed by atoms with Crippen LogP contribution >= 0.6 is 15.9 Å². The van der Waals surface area contributed by atoms with Gasteiger partial charge in [0.2, 0.25) is 0 Å². The van der Waals surface area contributed by atoms with E-state index in [0.717, 1.165) is 4.47 Å². The van der Waals surface area contributed by atoms with Crippen molar-refractivity contribution in [3.8, 4) is 5.75 Å². The topological polar surface area (TPSA) is 98.8 Å². The van der Waals surface area contributed by atoms with Crippen LogP contribution in [0, 0.1) is 0 Å². The zero-order valence-corrected chi connectivity index (χ0v) is 16.0. The molecular formula is C16H20BrNO6S. The summed E-state index contributed by atoms with van der Waals surface area (Å²) in [6.07, 6.45) is 1.00. The zero-order chi connectivity index (χ0) is 18.3. The highest BCUT2D eigenvalue weighted by Gasteiger charge is 2.28. The smallest absolute Gasteiger partial charge is 0.306 e. The first-order valence-corrected chi connectivity index (χ1v) is 10.5. The Kier molecular flexibility index (Phi) is 7.24. The third-order valence-corrected chi connectivity index (χ3v) is 5.81. The van der Waals surface area contributed by atoms with Crippen LogP contribution in [0.25, 0.3) is 0 Å². The van der Waals surface area contributed by atoms with Gasteiger partial charge in [-0.3, -0.25) is 9.59 Å². The molecule has 1 fully saturated rings. The minimum Gasteiger partial charge on any atom is -0.494 e. The van der Waals surface area contributed by atoms with E-state index in [1.807, 2.05) is 24.3 Å². The Bertz CT molecular complexity index is 721. The molecule has 0 spiro atoms. The normalized spacial score (nSPS) is 18.5. The van der Waals surface area contributed by atoms with Crippen LogP contribution in [0.15, 0.2) is 28.7 Å². The van der Waals surface area contributed by atoms with Gasteiger partial charge in [-0.25, -0.2) is 8.42 Å². The fourth-order valence-corrected chi connectivity index (χ4v) is 4.41. The second kappa shape index (κ2) is 9.19. The molecular weight excluding hydrogens is 414 g/mol. The number of carbonyl (C=O) groups is 2. The van der Waals surface area contributed by atoms with Crippen molar-refractivity contribution in [1.82, 2.24) is 5.32 Å². The van der Waals surface area contributed by atoms with E-state index in [-0.39, 0.29) is 17.9 Å². The molecule has 7 nitrogen and oxygen atoms in total. The number of hydrogen-bond acceptors (Lipinski definition) is 6. The Morgan fingerprint density at radius 3 is 2.80 bits per heavy atom. The highest BCUT2D eigenvalue weighted by molar-refractivity contribution is 9.10. The molecule has 1 atom stereocenters. The summed E-state index contributed by atoms with van der Waals surface area (Å²) >= 11 is 3.34. The van der Waals surface area contributed by atoms with E-state index in [4.69, 9.17) is 9.47 Å². The Morgan fingerprint density at radius 1 is 1.32 bits per heavy atom. The van der Waals surface area contributed by atoms with E-state index in [2.05, 4.69) is 21.2 Å². The third-order valence-electron chi connectivity index (χ3n) is 3.55. The SMILES string of the molecule is O=C(COC(=O)CCCOc1cccc(Br)c1)NC1CCS(=O)(=O)C1. The fourth-order valence-electron chi connectivity index (χ4n) is 2.36. The maximum absolute atomic E-state index is 11.6. The summed E-state index contributed by atoms with van der Waals surface area (Å²) in [5.74, 6) is -0.253. The predicted octanol–water partition coefficient (Wildman–Crippen LogP) is 1.45. The van der Waals surface area contributed by atoms with E-state index >= 15 is 0 Å². The van der Waals surface area contributed by atoms with Gasteiger partial charge in [-0.1, -0.05) is 22.0 Å². The van der Waals surface area contributed by atoms with Crippen molar-refractivity contribution in [2.75, 3.05) is 24.7 Å². The van der Waals surface area contributed by atoms with Crippen molar-refractivity contribution >= 4 is 37.6 Å². The van der Waals surface area contributed by atoms with Gasteiger partial charge in [0.15, 0.2) is 16.4 Å². The monoisotopic (exact) mass is 433 g/mol. The molecule has 0 aromatic heterocycles. The Hall–Kier alpha value is -1.61. The molecule has 1 aromatic carbocycles. The number of esters is 1. The van der Waals surface area contributed by atoms with Crippen LogP contribution in [-0.2, 0) is 24.2 Å². The van der Waals surface area contributed by atoms with Gasteiger partial charge in [-0.15, -0.1) is 0 Å². The van der Waals surface area contributed by atoms with Crippen LogP contribution in [0.3, 0.4) is 0 Å². The first-order valence-electron chi connectivity index (χ1n) is 7.88. The quantitative estimate of drug-likeness (QED) is 0.491. The molecule has 0 saturated carbocycles. The maximum atomic E-state index is 11.6. The van der Waals surface area contributed by atoms with Crippen molar-refractivity contribution in [2.24, 2.45) is 0 Å². The summed E-state index contributed by atoms with van der Waals surface area (Å²) < 4.78 is 33.9. The number of nitrogens with one attached hydrogen (secondary N) is 1. The second-order valence-corrected chi connectivity index (χ2v) is 8.88. The van der Waals surface area contributed by atoms with Gasteiger partial charge in [0.25, 0.3) is 5.91 Å². The zero-order valence-electron chi connectivity index (χ0n) is 13.6. The molecule has 1 aliphatic heterocycles. The molecule has 9 heteroatoms. The van der Waals surface area contributed by atoms with Gasteiger partial charge in [-0.2, -0.15) is 0 Å². The molecule has 1 aliphatic rings. The van der Waals surface area contributed by atoms with Crippen LogP contribution < -0.4 is 10.1 Å². The molecule has 25 heavy (non-hydrogen) atoms. The molecule has 138 valence electrons. The van der Waals surface area contributed by atoms with Gasteiger partial charge in [0.05, 0.1) is 18.1 Å². The van der Waals surface area contributed by atoms with E-state index in [1.54, 1.807) is 0 Å². The first-order chi connectivity index (χ1) is 11.8. The maximum Gasteiger partial charge on any atom is 0.306 e. The Labute approximate surface area is 155 Å². The lowest BCUT2D eigenvalue weighted by Crippen LogP contribution is -2.38. The number of ether oxygens (including phenoxy) is 2. The molecule has 0 radical (unpaired) electrons. The summed E-state index contributed by atoms with van der Waals surface area (Å²) in [5.41, 5.74) is 0. The summed E-state index contributed by atoms with van der Waals surface area (Å²) in [6.45, 7) is -0.0421. The molecule has 1 amide bonds. The summed E-state index contributed by atoms with van der Waals surface area (Å²) in [7, 11) is -3.05. The number of sulfone groups is 1. The first kappa shape index (κ1) is 19.7. The minimum absolute atomic E-state index is 0.0559. The largest absolute Gasteiger partial charge is 0.494 e. The number of benzene rings is 1. The van der Waals surface area contributed by atoms with Gasteiger partial charge >= 0.3 is 5.97 Å². The Balaban J connectivity index is 1.57. The number of carbonyl (C=O) groups excluding carboxylic acids is 2. The van der Waals surface area contributed by atoms with E-state index in [1.165, 1.54) is 0 Å². The number of halogens is 1. The van der Waals surface area contributed by atoms with E-state index in [9.17, 15) is 18.0 Å². The van der Waals surface area contributed by atoms with Crippen molar-refractivity contribution < 1.29 is 27.5 Å². The van der Waals surface area contributed by atoms with Crippen LogP contribution in [0.4, 0.5) is 0 Å². The number of rotatable bonds is 8. The van der Waals surface area contributed by atoms with Crippen molar-refractivity contribution in [3.05, 3.63) is 28.7 Å². The average molecular weight is 434 g/mol. The summed E-state index contributed by atoms with van der Waals surface area (Å²) in [4.78, 5) is 23.2. The van der Waals surface area contributed by atoms with Gasteiger partial charge < -0.3 is 14.8 Å². The van der Waals surface area contributed by atoms with Gasteiger partial charge in [0, 0.05) is 16.9 Å². The number of hydrogen-bond donors (Lipinski definition) is 1. The molecule has 1 saturated heterocycles.